The van der Waals surface area contributed by atoms with Crippen molar-refractivity contribution in [3.05, 3.63) is 0 Å². The maximum Gasteiger partial charge on any atom is 0.310 e. The summed E-state index contributed by atoms with van der Waals surface area (Å²) < 4.78 is 33.9. The summed E-state index contributed by atoms with van der Waals surface area (Å²) in [7, 11) is 0. The highest BCUT2D eigenvalue weighted by Gasteiger charge is 2.46. The van der Waals surface area contributed by atoms with Gasteiger partial charge in [0.2, 0.25) is 0 Å². The number of hydrogen-bond acceptors (Lipinski definition) is 12. The van der Waals surface area contributed by atoms with Crippen molar-refractivity contribution in [3.63, 3.8) is 0 Å². The Labute approximate surface area is 282 Å². The zero-order chi connectivity index (χ0) is 33.6. The molecule has 48 heavy (non-hydrogen) atoms. The molecule has 0 bridgehead atoms. The number of aliphatic hydroxyl groups excluding tert-OH is 2. The van der Waals surface area contributed by atoms with Gasteiger partial charge in [-0.1, -0.05) is 6.42 Å². The molecule has 0 aromatic heterocycles. The molecule has 10 unspecified atom stereocenters. The Morgan fingerprint density at radius 1 is 0.500 bits per heavy atom. The van der Waals surface area contributed by atoms with Crippen LogP contribution in [0, 0.1) is 35.5 Å². The molecule has 0 spiro atoms. The normalized spacial score (nSPS) is 36.7. The van der Waals surface area contributed by atoms with Gasteiger partial charge in [-0.15, -0.1) is 0 Å². The third-order valence-electron chi connectivity index (χ3n) is 11.5. The Kier molecular flexibility index (Phi) is 12.3. The highest BCUT2D eigenvalue weighted by molar-refractivity contribution is 5.88. The Bertz CT molecular complexity index is 1120. The van der Waals surface area contributed by atoms with E-state index in [4.69, 9.17) is 28.4 Å². The molecule has 4 aliphatic carbocycles. The summed E-state index contributed by atoms with van der Waals surface area (Å²) in [5, 5.41) is 20.0. The molecule has 2 aliphatic heterocycles. The Morgan fingerprint density at radius 3 is 1.46 bits per heavy atom. The molecule has 0 aromatic rings. The number of epoxide rings is 2. The van der Waals surface area contributed by atoms with Crippen LogP contribution in [0.15, 0.2) is 0 Å². The summed E-state index contributed by atoms with van der Waals surface area (Å²) >= 11 is 0. The van der Waals surface area contributed by atoms with Crippen molar-refractivity contribution in [2.75, 3.05) is 26.4 Å². The maximum atomic E-state index is 13.8. The Balaban J connectivity index is 1.11. The Hall–Kier alpha value is -2.28. The van der Waals surface area contributed by atoms with Crippen molar-refractivity contribution in [3.8, 4) is 0 Å². The molecule has 0 aromatic carbocycles. The summed E-state index contributed by atoms with van der Waals surface area (Å²) in [5.41, 5.74) is 0. The minimum absolute atomic E-state index is 0.0346. The summed E-state index contributed by atoms with van der Waals surface area (Å²) in [6, 6.07) is 0. The highest BCUT2D eigenvalue weighted by atomic mass is 16.6. The zero-order valence-corrected chi connectivity index (χ0v) is 28.0. The quantitative estimate of drug-likeness (QED) is 0.147. The monoisotopic (exact) mass is 678 g/mol. The van der Waals surface area contributed by atoms with Crippen LogP contribution in [0.1, 0.15) is 103 Å². The second-order valence-corrected chi connectivity index (χ2v) is 15.4. The van der Waals surface area contributed by atoms with Gasteiger partial charge in [0.1, 0.15) is 0 Å². The van der Waals surface area contributed by atoms with E-state index in [1.54, 1.807) is 0 Å². The molecule has 4 saturated carbocycles. The first-order valence-electron chi connectivity index (χ1n) is 18.5. The molecule has 6 rings (SSSR count). The van der Waals surface area contributed by atoms with Gasteiger partial charge in [0, 0.05) is 0 Å². The van der Waals surface area contributed by atoms with Crippen molar-refractivity contribution in [1.82, 2.24) is 0 Å². The second-order valence-electron chi connectivity index (χ2n) is 15.4. The van der Waals surface area contributed by atoms with Crippen LogP contribution >= 0.6 is 0 Å². The van der Waals surface area contributed by atoms with E-state index in [9.17, 15) is 29.4 Å². The summed E-state index contributed by atoms with van der Waals surface area (Å²) in [5.74, 6) is -5.05. The molecule has 2 saturated heterocycles. The van der Waals surface area contributed by atoms with Crippen LogP contribution < -0.4 is 0 Å². The largest absolute Gasteiger partial charge is 0.465 e. The lowest BCUT2D eigenvalue weighted by molar-refractivity contribution is -0.169. The van der Waals surface area contributed by atoms with E-state index in [1.165, 1.54) is 0 Å². The van der Waals surface area contributed by atoms with E-state index < -0.39 is 54.7 Å². The van der Waals surface area contributed by atoms with Gasteiger partial charge in [-0.25, -0.2) is 0 Å². The topological polar surface area (TPSA) is 171 Å². The first-order valence-corrected chi connectivity index (χ1v) is 18.5. The lowest BCUT2D eigenvalue weighted by Gasteiger charge is -2.29. The molecule has 6 fully saturated rings. The summed E-state index contributed by atoms with van der Waals surface area (Å²) in [6.07, 6.45) is 10.2. The third kappa shape index (κ3) is 10.4. The van der Waals surface area contributed by atoms with E-state index in [2.05, 4.69) is 0 Å². The fraction of sp³-hybridized carbons (Fsp3) is 0.889. The number of hydrogen-bond donors (Lipinski definition) is 2. The van der Waals surface area contributed by atoms with Gasteiger partial charge in [-0.05, 0) is 107 Å². The molecule has 0 amide bonds. The lowest BCUT2D eigenvalue weighted by Crippen LogP contribution is -2.38. The van der Waals surface area contributed by atoms with E-state index >= 15 is 0 Å². The number of rotatable bonds is 15. The van der Waals surface area contributed by atoms with Crippen LogP contribution in [0.5, 0.6) is 0 Å². The van der Waals surface area contributed by atoms with E-state index in [-0.39, 0.29) is 68.4 Å². The molecule has 12 nitrogen and oxygen atoms in total. The van der Waals surface area contributed by atoms with Gasteiger partial charge in [-0.3, -0.25) is 19.2 Å². The van der Waals surface area contributed by atoms with Gasteiger partial charge in [0.15, 0.2) is 0 Å². The van der Waals surface area contributed by atoms with Crippen LogP contribution in [-0.2, 0) is 47.6 Å². The van der Waals surface area contributed by atoms with Crippen LogP contribution in [0.2, 0.25) is 0 Å². The predicted octanol–water partition coefficient (Wildman–Crippen LogP) is 3.41. The molecule has 6 aliphatic rings. The number of esters is 4. The fourth-order valence-corrected chi connectivity index (χ4v) is 8.29. The fourth-order valence-electron chi connectivity index (χ4n) is 8.29. The average Bonchev–Trinajstić information content (AvgIpc) is 4.01. The van der Waals surface area contributed by atoms with Gasteiger partial charge in [0.25, 0.3) is 0 Å². The van der Waals surface area contributed by atoms with E-state index in [0.29, 0.717) is 50.7 Å². The number of aliphatic hydroxyl groups is 2. The highest BCUT2D eigenvalue weighted by Crippen LogP contribution is 2.40. The van der Waals surface area contributed by atoms with Gasteiger partial charge in [0.05, 0.1) is 87.7 Å². The van der Waals surface area contributed by atoms with Crippen molar-refractivity contribution >= 4 is 23.9 Å². The first-order chi connectivity index (χ1) is 23.2. The molecular formula is C36H54O12. The van der Waals surface area contributed by atoms with Gasteiger partial charge in [-0.2, -0.15) is 0 Å². The molecule has 270 valence electrons. The maximum absolute atomic E-state index is 13.8. The molecule has 0 radical (unpaired) electrons. The number of carbonyl (C=O) groups excluding carboxylic acids is 4. The van der Waals surface area contributed by atoms with Crippen LogP contribution in [0.3, 0.4) is 0 Å². The SMILES string of the molecule is O=C(CC(C(=O)OCC1CCC(O)CC1)C(CC(=O)OCC1CCC2OC2C1)C(=O)OCC1CCCC(O)C1)OCC1CCC2OC2C1. The molecule has 10 atom stereocenters. The smallest absolute Gasteiger partial charge is 0.310 e. The average molecular weight is 679 g/mol. The molecule has 12 heteroatoms. The standard InChI is InChI=1S/C36H54O12/c37-25-8-4-21(5-9-25)17-45-35(41)27(15-33(39)43-18-23-6-10-29-31(13-23)47-29)28(36(42)46-20-22-2-1-3-26(38)12-22)16-34(40)44-19-24-7-11-30-32(14-24)48-30/h21-32,37-38H,1-20H2. The second kappa shape index (κ2) is 16.6. The number of carbonyl (C=O) groups is 4. The number of ether oxygens (including phenoxy) is 6. The molecular weight excluding hydrogens is 624 g/mol. The van der Waals surface area contributed by atoms with Crippen molar-refractivity contribution < 1.29 is 57.8 Å². The van der Waals surface area contributed by atoms with E-state index in [0.717, 1.165) is 51.4 Å². The first kappa shape index (κ1) is 35.5. The van der Waals surface area contributed by atoms with Crippen LogP contribution in [0.25, 0.3) is 0 Å². The van der Waals surface area contributed by atoms with Crippen molar-refractivity contribution in [2.24, 2.45) is 35.5 Å². The van der Waals surface area contributed by atoms with Crippen molar-refractivity contribution in [2.45, 2.75) is 139 Å². The van der Waals surface area contributed by atoms with Gasteiger partial charge >= 0.3 is 23.9 Å². The van der Waals surface area contributed by atoms with Gasteiger partial charge < -0.3 is 38.6 Å². The van der Waals surface area contributed by atoms with Crippen LogP contribution in [-0.4, -0.2) is 97.1 Å². The number of fused-ring (bicyclic) bond motifs is 2. The molecule has 2 N–H and O–H groups in total. The predicted molar refractivity (Wildman–Crippen MR) is 168 cm³/mol. The Morgan fingerprint density at radius 2 is 0.958 bits per heavy atom. The van der Waals surface area contributed by atoms with Crippen molar-refractivity contribution in [1.29, 1.82) is 0 Å². The third-order valence-corrected chi connectivity index (χ3v) is 11.5. The molecule has 2 heterocycles. The minimum Gasteiger partial charge on any atom is -0.465 e. The zero-order valence-electron chi connectivity index (χ0n) is 28.0. The minimum atomic E-state index is -1.31. The van der Waals surface area contributed by atoms with E-state index in [1.807, 2.05) is 0 Å². The van der Waals surface area contributed by atoms with Crippen LogP contribution in [0.4, 0.5) is 0 Å². The summed E-state index contributed by atoms with van der Waals surface area (Å²) in [6.45, 7) is 0.547. The summed E-state index contributed by atoms with van der Waals surface area (Å²) in [4.78, 5) is 54.0. The lowest BCUT2D eigenvalue weighted by atomic mass is 9.85.